The third-order valence-electron chi connectivity index (χ3n) is 17.9. The summed E-state index contributed by atoms with van der Waals surface area (Å²) in [5.41, 5.74) is 17.2. The summed E-state index contributed by atoms with van der Waals surface area (Å²) in [6, 6.07) is 96.2. The van der Waals surface area contributed by atoms with Crippen molar-refractivity contribution in [2.75, 3.05) is 0 Å². The largest absolute Gasteiger partial charge is 0.309 e. The van der Waals surface area contributed by atoms with Crippen LogP contribution in [0.15, 0.2) is 292 Å². The maximum absolute atomic E-state index is 12.9. The van der Waals surface area contributed by atoms with Gasteiger partial charge in [0, 0.05) is 102 Å². The highest BCUT2D eigenvalue weighted by Crippen LogP contribution is 2.52. The smallest absolute Gasteiger partial charge is 0.166 e. The zero-order chi connectivity index (χ0) is 59.4. The number of nitrogens with zero attached hydrogens (tertiary/aromatic N) is 10. The molecule has 10 heteroatoms. The van der Waals surface area contributed by atoms with Crippen LogP contribution < -0.4 is 0 Å². The number of hydrogen-bond donors (Lipinski definition) is 0. The first-order chi connectivity index (χ1) is 44.7. The summed E-state index contributed by atoms with van der Waals surface area (Å²) in [5, 5.41) is 21.4. The summed E-state index contributed by atoms with van der Waals surface area (Å²) >= 11 is 0. The Morgan fingerprint density at radius 2 is 0.578 bits per heavy atom. The maximum Gasteiger partial charge on any atom is 0.166 e. The summed E-state index contributed by atoms with van der Waals surface area (Å²) in [4.78, 5) is 26.1. The number of pyridine rings is 2. The Bertz CT molecular complexity index is 5700. The maximum atomic E-state index is 12.9. The first-order valence-corrected chi connectivity index (χ1v) is 30.0. The fourth-order valence-electron chi connectivity index (χ4n) is 14.0. The van der Waals surface area contributed by atoms with Gasteiger partial charge in [0.05, 0.1) is 66.6 Å². The first kappa shape index (κ1) is 50.7. The van der Waals surface area contributed by atoms with Crippen LogP contribution >= 0.6 is 0 Å². The summed E-state index contributed by atoms with van der Waals surface area (Å²) in [5.74, 6) is 1.35. The van der Waals surface area contributed by atoms with Gasteiger partial charge < -0.3 is 18.3 Å². The molecule has 0 aliphatic heterocycles. The van der Waals surface area contributed by atoms with E-state index in [1.54, 1.807) is 0 Å². The molecule has 0 fully saturated rings. The topological polar surface area (TPSA) is 108 Å². The van der Waals surface area contributed by atoms with Gasteiger partial charge in [-0.15, -0.1) is 0 Å². The van der Waals surface area contributed by atoms with Crippen LogP contribution in [0.25, 0.3) is 166 Å². The molecule has 18 aromatic rings. The van der Waals surface area contributed by atoms with Gasteiger partial charge in [0.1, 0.15) is 6.07 Å². The molecule has 7 heterocycles. The van der Waals surface area contributed by atoms with E-state index in [9.17, 15) is 5.26 Å². The van der Waals surface area contributed by atoms with E-state index < -0.39 is 0 Å². The molecule has 0 N–H and O–H groups in total. The average Bonchev–Trinajstić information content (AvgIpc) is 1.32. The molecule has 7 aromatic heterocycles. The van der Waals surface area contributed by atoms with Gasteiger partial charge in [-0.1, -0.05) is 194 Å². The van der Waals surface area contributed by atoms with Gasteiger partial charge in [-0.25, -0.2) is 15.0 Å². The van der Waals surface area contributed by atoms with Gasteiger partial charge in [-0.3, -0.25) is 9.97 Å². The predicted molar refractivity (Wildman–Crippen MR) is 365 cm³/mol. The lowest BCUT2D eigenvalue weighted by molar-refractivity contribution is 1.06. The molecule has 0 aliphatic carbocycles. The number of hydrogen-bond acceptors (Lipinski definition) is 6. The van der Waals surface area contributed by atoms with E-state index in [2.05, 4.69) is 225 Å². The van der Waals surface area contributed by atoms with E-state index in [0.29, 0.717) is 39.9 Å². The van der Waals surface area contributed by atoms with Crippen LogP contribution in [0.1, 0.15) is 5.56 Å². The molecule has 11 aromatic carbocycles. The van der Waals surface area contributed by atoms with Crippen LogP contribution in [0.4, 0.5) is 0 Å². The number of aromatic nitrogens is 9. The Hall–Kier alpha value is -12.6. The molecule has 418 valence electrons. The van der Waals surface area contributed by atoms with Gasteiger partial charge in [-0.2, -0.15) is 5.26 Å². The van der Waals surface area contributed by atoms with Crippen molar-refractivity contribution in [2.24, 2.45) is 0 Å². The van der Waals surface area contributed by atoms with Crippen LogP contribution in [0, 0.1) is 11.3 Å². The fraction of sp³-hybridized carbons (Fsp3) is 0. The minimum absolute atomic E-state index is 0.382. The summed E-state index contributed by atoms with van der Waals surface area (Å²) < 4.78 is 9.28. The van der Waals surface area contributed by atoms with Crippen LogP contribution in [-0.2, 0) is 0 Å². The number of para-hydroxylation sites is 6. The Morgan fingerprint density at radius 1 is 0.256 bits per heavy atom. The van der Waals surface area contributed by atoms with Crippen LogP contribution in [0.5, 0.6) is 0 Å². The van der Waals surface area contributed by atoms with Gasteiger partial charge in [0.2, 0.25) is 0 Å². The molecule has 0 bridgehead atoms. The highest BCUT2D eigenvalue weighted by molar-refractivity contribution is 6.16. The van der Waals surface area contributed by atoms with Crippen LogP contribution in [0.2, 0.25) is 0 Å². The summed E-state index contributed by atoms with van der Waals surface area (Å²) in [6.45, 7) is 0. The Balaban J connectivity index is 1.05. The van der Waals surface area contributed by atoms with Crippen molar-refractivity contribution in [2.45, 2.75) is 0 Å². The molecule has 0 spiro atoms. The molecule has 0 atom stereocenters. The standard InChI is InChI=1S/C80H48N10/c81-47-62-73(50-35-39-54(40-36-50)87-65-29-13-7-23-56(65)57-24-8-14-30-66(57)87)77(90-70-34-18-12-28-61(70)64-49-83-46-44-72(64)90)74(51-37-41-55(42-38-51)88-67-31-15-9-25-58(67)59-26-10-16-32-68(59)88)75(76(62)89-69-33-17-11-27-60(69)63-48-82-45-43-71(63)89)80-85-78(52-19-3-1-4-20-52)84-79(86-80)53-21-5-2-6-22-53/h1-46,48-49H. The summed E-state index contributed by atoms with van der Waals surface area (Å²) in [7, 11) is 0. The molecule has 0 saturated carbocycles. The van der Waals surface area contributed by atoms with Crippen molar-refractivity contribution in [3.05, 3.63) is 297 Å². The Labute approximate surface area is 515 Å². The molecule has 0 unspecified atom stereocenters. The first-order valence-electron chi connectivity index (χ1n) is 30.0. The van der Waals surface area contributed by atoms with Crippen molar-refractivity contribution < 1.29 is 0 Å². The van der Waals surface area contributed by atoms with Gasteiger partial charge in [0.15, 0.2) is 17.5 Å². The molecule has 0 radical (unpaired) electrons. The van der Waals surface area contributed by atoms with Gasteiger partial charge in [0.25, 0.3) is 0 Å². The second-order valence-electron chi connectivity index (χ2n) is 22.7. The van der Waals surface area contributed by atoms with Crippen molar-refractivity contribution >= 4 is 87.2 Å². The molecule has 0 saturated heterocycles. The zero-order valence-electron chi connectivity index (χ0n) is 48.2. The van der Waals surface area contributed by atoms with E-state index in [0.717, 1.165) is 111 Å². The third kappa shape index (κ3) is 7.67. The lowest BCUT2D eigenvalue weighted by Gasteiger charge is -2.27. The fourth-order valence-corrected chi connectivity index (χ4v) is 14.0. The molecule has 10 nitrogen and oxygen atoms in total. The predicted octanol–water partition coefficient (Wildman–Crippen LogP) is 19.3. The van der Waals surface area contributed by atoms with E-state index in [4.69, 9.17) is 24.9 Å². The lowest BCUT2D eigenvalue weighted by atomic mass is 9.85. The number of rotatable bonds is 9. The Morgan fingerprint density at radius 3 is 0.978 bits per heavy atom. The quantitative estimate of drug-likeness (QED) is 0.142. The van der Waals surface area contributed by atoms with E-state index in [-0.39, 0.29) is 0 Å². The minimum Gasteiger partial charge on any atom is -0.309 e. The van der Waals surface area contributed by atoms with E-state index in [1.165, 1.54) is 21.5 Å². The van der Waals surface area contributed by atoms with Crippen molar-refractivity contribution in [3.63, 3.8) is 0 Å². The minimum atomic E-state index is 0.382. The average molecular weight is 1150 g/mol. The second-order valence-corrected chi connectivity index (χ2v) is 22.7. The molecule has 90 heavy (non-hydrogen) atoms. The van der Waals surface area contributed by atoms with Gasteiger partial charge >= 0.3 is 0 Å². The van der Waals surface area contributed by atoms with Crippen molar-refractivity contribution in [3.8, 4) is 85.2 Å². The third-order valence-corrected chi connectivity index (χ3v) is 17.9. The summed E-state index contributed by atoms with van der Waals surface area (Å²) in [6.07, 6.45) is 7.56. The highest BCUT2D eigenvalue weighted by atomic mass is 15.1. The number of nitriles is 1. The van der Waals surface area contributed by atoms with Crippen molar-refractivity contribution in [1.29, 1.82) is 5.26 Å². The molecule has 0 amide bonds. The van der Waals surface area contributed by atoms with Crippen LogP contribution in [0.3, 0.4) is 0 Å². The lowest BCUT2D eigenvalue weighted by Crippen LogP contribution is -2.12. The molecular formula is C80H48N10. The van der Waals surface area contributed by atoms with E-state index >= 15 is 0 Å². The van der Waals surface area contributed by atoms with E-state index in [1.807, 2.05) is 91.5 Å². The molecule has 0 aliphatic rings. The monoisotopic (exact) mass is 1150 g/mol. The van der Waals surface area contributed by atoms with Gasteiger partial charge in [-0.05, 0) is 83.9 Å². The SMILES string of the molecule is N#Cc1c(-c2ccc(-n3c4ccccc4c4ccccc43)cc2)c(-n2c3ccccc3c3cnccc32)c(-c2ccc(-n3c4ccccc4c4ccccc43)cc2)c(-c2nc(-c3ccccc3)nc(-c3ccccc3)n2)c1-n1c2ccccc2c2cnccc21. The number of fused-ring (bicyclic) bond motifs is 12. The number of benzene rings is 11. The normalized spacial score (nSPS) is 11.8. The van der Waals surface area contributed by atoms with Crippen molar-refractivity contribution in [1.82, 2.24) is 43.2 Å². The zero-order valence-corrected chi connectivity index (χ0v) is 48.2. The Kier molecular flexibility index (Phi) is 11.4. The molecular weight excluding hydrogens is 1100 g/mol. The molecule has 18 rings (SSSR count). The van der Waals surface area contributed by atoms with Crippen LogP contribution in [-0.4, -0.2) is 43.2 Å². The second kappa shape index (κ2) is 20.3. The highest BCUT2D eigenvalue weighted by Gasteiger charge is 2.34.